The summed E-state index contributed by atoms with van der Waals surface area (Å²) in [4.78, 5) is 16.4. The first-order chi connectivity index (χ1) is 11.3. The minimum Gasteiger partial charge on any atom is -0.369 e. The van der Waals surface area contributed by atoms with Crippen LogP contribution in [0.2, 0.25) is 0 Å². The molecule has 0 aliphatic carbocycles. The van der Waals surface area contributed by atoms with Crippen LogP contribution in [-0.2, 0) is 6.54 Å². The molecule has 0 saturated heterocycles. The molecule has 1 aromatic carbocycles. The molecule has 0 spiro atoms. The molecular formula is C14H11BrF3N5O. The van der Waals surface area contributed by atoms with Crippen LogP contribution < -0.4 is 11.4 Å². The molecule has 126 valence electrons. The summed E-state index contributed by atoms with van der Waals surface area (Å²) in [6.45, 7) is -0.587. The second kappa shape index (κ2) is 5.93. The minimum atomic E-state index is -4.38. The van der Waals surface area contributed by atoms with Gasteiger partial charge >= 0.3 is 11.9 Å². The number of alkyl halides is 3. The number of aromatic nitrogens is 4. The molecule has 0 amide bonds. The normalized spacial score (nSPS) is 12.0. The van der Waals surface area contributed by atoms with Crippen LogP contribution >= 0.6 is 15.9 Å². The standard InChI is InChI=1S/C14H11BrF3N5O/c15-9-10(8-4-2-1-3-5-8)20-12(19)23-11(9)21-22(13(23)24)7-6-14(16,17)18/h1-5H,6-7H2,(H2,19,20). The summed E-state index contributed by atoms with van der Waals surface area (Å²) >= 11 is 3.31. The van der Waals surface area contributed by atoms with Gasteiger partial charge in [0.2, 0.25) is 5.95 Å². The van der Waals surface area contributed by atoms with E-state index in [1.807, 2.05) is 6.07 Å². The van der Waals surface area contributed by atoms with Crippen molar-refractivity contribution in [2.45, 2.75) is 19.1 Å². The van der Waals surface area contributed by atoms with Gasteiger partial charge in [-0.15, -0.1) is 5.10 Å². The highest BCUT2D eigenvalue weighted by molar-refractivity contribution is 9.10. The second-order valence-corrected chi connectivity index (χ2v) is 5.82. The zero-order chi connectivity index (χ0) is 17.5. The fourth-order valence-electron chi connectivity index (χ4n) is 2.24. The van der Waals surface area contributed by atoms with Crippen molar-refractivity contribution in [2.75, 3.05) is 5.73 Å². The Morgan fingerprint density at radius 2 is 1.88 bits per heavy atom. The molecule has 2 N–H and O–H groups in total. The third-order valence-corrected chi connectivity index (χ3v) is 4.08. The molecule has 0 fully saturated rings. The van der Waals surface area contributed by atoms with Gasteiger partial charge in [0.05, 0.1) is 23.1 Å². The number of anilines is 1. The molecule has 0 atom stereocenters. The molecule has 24 heavy (non-hydrogen) atoms. The van der Waals surface area contributed by atoms with Crippen LogP contribution in [0.1, 0.15) is 6.42 Å². The Balaban J connectivity index is 2.15. The summed E-state index contributed by atoms with van der Waals surface area (Å²) in [5.41, 5.74) is 6.35. The predicted molar refractivity (Wildman–Crippen MR) is 85.5 cm³/mol. The van der Waals surface area contributed by atoms with Crippen molar-refractivity contribution in [1.29, 1.82) is 0 Å². The minimum absolute atomic E-state index is 0.119. The number of aryl methyl sites for hydroxylation is 1. The number of hydrogen-bond acceptors (Lipinski definition) is 4. The third-order valence-electron chi connectivity index (χ3n) is 3.35. The van der Waals surface area contributed by atoms with Crippen molar-refractivity contribution in [1.82, 2.24) is 19.2 Å². The summed E-state index contributed by atoms with van der Waals surface area (Å²) in [6, 6.07) is 9.02. The average molecular weight is 402 g/mol. The molecular weight excluding hydrogens is 391 g/mol. The maximum atomic E-state index is 12.4. The van der Waals surface area contributed by atoms with Gasteiger partial charge in [-0.25, -0.2) is 18.9 Å². The second-order valence-electron chi connectivity index (χ2n) is 5.03. The summed E-state index contributed by atoms with van der Waals surface area (Å²) in [5, 5.41) is 3.96. The Hall–Kier alpha value is -2.36. The number of nitrogens with zero attached hydrogens (tertiary/aromatic N) is 4. The molecule has 0 aliphatic rings. The van der Waals surface area contributed by atoms with Crippen molar-refractivity contribution in [3.05, 3.63) is 45.3 Å². The number of hydrogen-bond donors (Lipinski definition) is 1. The van der Waals surface area contributed by atoms with Gasteiger partial charge in [-0.2, -0.15) is 13.2 Å². The highest BCUT2D eigenvalue weighted by atomic mass is 79.9. The van der Waals surface area contributed by atoms with Gasteiger partial charge < -0.3 is 5.73 Å². The molecule has 0 radical (unpaired) electrons. The summed E-state index contributed by atoms with van der Waals surface area (Å²) < 4.78 is 39.2. The van der Waals surface area contributed by atoms with Crippen LogP contribution in [0.25, 0.3) is 16.9 Å². The number of nitrogen functional groups attached to an aromatic ring is 1. The van der Waals surface area contributed by atoms with Gasteiger partial charge in [-0.05, 0) is 15.9 Å². The summed E-state index contributed by atoms with van der Waals surface area (Å²) in [6.07, 6.45) is -5.54. The average Bonchev–Trinajstić information content (AvgIpc) is 2.87. The van der Waals surface area contributed by atoms with Gasteiger partial charge in [0, 0.05) is 5.56 Å². The van der Waals surface area contributed by atoms with E-state index < -0.39 is 24.8 Å². The lowest BCUT2D eigenvalue weighted by Gasteiger charge is -2.06. The first-order valence-electron chi connectivity index (χ1n) is 6.84. The van der Waals surface area contributed by atoms with Crippen molar-refractivity contribution < 1.29 is 13.2 Å². The summed E-state index contributed by atoms with van der Waals surface area (Å²) in [5.74, 6) is -0.143. The topological polar surface area (TPSA) is 78.2 Å². The van der Waals surface area contributed by atoms with Crippen LogP contribution in [0.3, 0.4) is 0 Å². The Bertz CT molecular complexity index is 949. The van der Waals surface area contributed by atoms with Gasteiger partial charge in [-0.3, -0.25) is 0 Å². The molecule has 3 aromatic rings. The SMILES string of the molecule is Nc1nc(-c2ccccc2)c(Br)c2nn(CCC(F)(F)F)c(=O)n12. The first kappa shape index (κ1) is 16.5. The highest BCUT2D eigenvalue weighted by Gasteiger charge is 2.28. The molecule has 2 heterocycles. The third kappa shape index (κ3) is 3.01. The molecule has 10 heteroatoms. The van der Waals surface area contributed by atoms with Crippen LogP contribution in [0.4, 0.5) is 19.1 Å². The number of halogens is 4. The molecule has 0 aliphatic heterocycles. The van der Waals surface area contributed by atoms with Crippen LogP contribution in [0, 0.1) is 0 Å². The Morgan fingerprint density at radius 3 is 2.50 bits per heavy atom. The molecule has 0 bridgehead atoms. The van der Waals surface area contributed by atoms with Crippen molar-refractivity contribution in [3.63, 3.8) is 0 Å². The first-order valence-corrected chi connectivity index (χ1v) is 7.64. The zero-order valence-electron chi connectivity index (χ0n) is 12.1. The molecule has 0 unspecified atom stereocenters. The lowest BCUT2D eigenvalue weighted by Crippen LogP contribution is -2.25. The monoisotopic (exact) mass is 401 g/mol. The van der Waals surface area contributed by atoms with E-state index in [0.717, 1.165) is 14.6 Å². The quantitative estimate of drug-likeness (QED) is 0.731. The van der Waals surface area contributed by atoms with Crippen molar-refractivity contribution in [2.24, 2.45) is 0 Å². The van der Waals surface area contributed by atoms with E-state index in [1.165, 1.54) is 0 Å². The van der Waals surface area contributed by atoms with Crippen molar-refractivity contribution >= 4 is 27.5 Å². The summed E-state index contributed by atoms with van der Waals surface area (Å²) in [7, 11) is 0. The lowest BCUT2D eigenvalue weighted by atomic mass is 10.1. The Kier molecular flexibility index (Phi) is 4.08. The predicted octanol–water partition coefficient (Wildman–Crippen LogP) is 2.86. The van der Waals surface area contributed by atoms with Gasteiger partial charge in [0.1, 0.15) is 0 Å². The number of nitrogens with two attached hydrogens (primary N) is 1. The molecule has 2 aromatic heterocycles. The van der Waals surface area contributed by atoms with Crippen LogP contribution in [0.5, 0.6) is 0 Å². The maximum Gasteiger partial charge on any atom is 0.390 e. The maximum absolute atomic E-state index is 12.4. The smallest absolute Gasteiger partial charge is 0.369 e. The molecule has 6 nitrogen and oxygen atoms in total. The van der Waals surface area contributed by atoms with Crippen LogP contribution in [-0.4, -0.2) is 25.3 Å². The molecule has 3 rings (SSSR count). The lowest BCUT2D eigenvalue weighted by molar-refractivity contribution is -0.137. The van der Waals surface area contributed by atoms with E-state index in [2.05, 4.69) is 26.0 Å². The van der Waals surface area contributed by atoms with Crippen molar-refractivity contribution in [3.8, 4) is 11.3 Å². The fourth-order valence-corrected chi connectivity index (χ4v) is 2.82. The van der Waals surface area contributed by atoms with E-state index in [1.54, 1.807) is 24.3 Å². The van der Waals surface area contributed by atoms with E-state index in [4.69, 9.17) is 5.73 Å². The largest absolute Gasteiger partial charge is 0.390 e. The van der Waals surface area contributed by atoms with E-state index in [-0.39, 0.29) is 11.6 Å². The van der Waals surface area contributed by atoms with E-state index in [9.17, 15) is 18.0 Å². The van der Waals surface area contributed by atoms with Crippen LogP contribution in [0.15, 0.2) is 39.6 Å². The Labute approximate surface area is 141 Å². The van der Waals surface area contributed by atoms with Gasteiger partial charge in [0.25, 0.3) is 0 Å². The van der Waals surface area contributed by atoms with Gasteiger partial charge in [0.15, 0.2) is 5.65 Å². The Morgan fingerprint density at radius 1 is 1.21 bits per heavy atom. The fraction of sp³-hybridized carbons (Fsp3) is 0.214. The molecule has 0 saturated carbocycles. The number of fused-ring (bicyclic) bond motifs is 1. The zero-order valence-corrected chi connectivity index (χ0v) is 13.7. The number of benzene rings is 1. The van der Waals surface area contributed by atoms with E-state index >= 15 is 0 Å². The van der Waals surface area contributed by atoms with E-state index in [0.29, 0.717) is 10.2 Å². The number of rotatable bonds is 3. The van der Waals surface area contributed by atoms with Gasteiger partial charge in [-0.1, -0.05) is 30.3 Å². The highest BCUT2D eigenvalue weighted by Crippen LogP contribution is 2.30.